The molecule has 0 bridgehead atoms. The molecule has 0 unspecified atom stereocenters. The summed E-state index contributed by atoms with van der Waals surface area (Å²) < 4.78 is 0. The van der Waals surface area contributed by atoms with E-state index in [9.17, 15) is 4.79 Å². The van der Waals surface area contributed by atoms with Crippen molar-refractivity contribution in [2.45, 2.75) is 26.3 Å². The summed E-state index contributed by atoms with van der Waals surface area (Å²) >= 11 is 0. The Kier molecular flexibility index (Phi) is 5.59. The van der Waals surface area contributed by atoms with Crippen LogP contribution in [0.2, 0.25) is 0 Å². The molecule has 1 rings (SSSR count). The molecule has 3 nitrogen and oxygen atoms in total. The minimum absolute atomic E-state index is 0.00986. The second kappa shape index (κ2) is 6.97. The normalized spacial score (nSPS) is 11.9. The highest BCUT2D eigenvalue weighted by Crippen LogP contribution is 2.05. The van der Waals surface area contributed by atoms with Crippen LogP contribution in [0.3, 0.4) is 0 Å². The highest BCUT2D eigenvalue weighted by molar-refractivity contribution is 5.82. The fraction of sp³-hybridized carbons (Fsp3) is 0.400. The standard InChI is InChI=1S/C15H22N2O/c1-4-17(11-12(2)3)15(18)14(16)10-13-8-6-5-7-9-13/h5-9,14H,2,4,10-11,16H2,1,3H3/t14-/m0/s1. The molecule has 0 saturated carbocycles. The van der Waals surface area contributed by atoms with E-state index in [0.717, 1.165) is 11.1 Å². The summed E-state index contributed by atoms with van der Waals surface area (Å²) in [7, 11) is 0. The minimum atomic E-state index is -0.480. The van der Waals surface area contributed by atoms with Gasteiger partial charge in [-0.3, -0.25) is 4.79 Å². The van der Waals surface area contributed by atoms with Crippen LogP contribution in [0.5, 0.6) is 0 Å². The van der Waals surface area contributed by atoms with Gasteiger partial charge in [-0.05, 0) is 25.8 Å². The van der Waals surface area contributed by atoms with Gasteiger partial charge in [0, 0.05) is 13.1 Å². The summed E-state index contributed by atoms with van der Waals surface area (Å²) in [6, 6.07) is 9.36. The molecule has 1 amide bonds. The number of amides is 1. The molecule has 18 heavy (non-hydrogen) atoms. The number of hydrogen-bond acceptors (Lipinski definition) is 2. The fourth-order valence-electron chi connectivity index (χ4n) is 1.86. The van der Waals surface area contributed by atoms with Crippen molar-refractivity contribution < 1.29 is 4.79 Å². The molecule has 0 spiro atoms. The Balaban J connectivity index is 2.62. The van der Waals surface area contributed by atoms with Crippen molar-refractivity contribution >= 4 is 5.91 Å². The highest BCUT2D eigenvalue weighted by atomic mass is 16.2. The number of hydrogen-bond donors (Lipinski definition) is 1. The van der Waals surface area contributed by atoms with Crippen LogP contribution < -0.4 is 5.73 Å². The summed E-state index contributed by atoms with van der Waals surface area (Å²) in [5.41, 5.74) is 8.04. The number of nitrogens with zero attached hydrogens (tertiary/aromatic N) is 1. The van der Waals surface area contributed by atoms with Crippen molar-refractivity contribution in [2.24, 2.45) is 5.73 Å². The third-order valence-corrected chi connectivity index (χ3v) is 2.77. The molecule has 0 saturated heterocycles. The first-order chi connectivity index (χ1) is 8.54. The maximum atomic E-state index is 12.2. The molecule has 0 aliphatic rings. The van der Waals surface area contributed by atoms with Gasteiger partial charge in [-0.2, -0.15) is 0 Å². The van der Waals surface area contributed by atoms with Crippen LogP contribution in [-0.2, 0) is 11.2 Å². The van der Waals surface area contributed by atoms with Crippen molar-refractivity contribution in [1.29, 1.82) is 0 Å². The van der Waals surface area contributed by atoms with Crippen molar-refractivity contribution in [1.82, 2.24) is 4.90 Å². The summed E-state index contributed by atoms with van der Waals surface area (Å²) in [6.45, 7) is 8.95. The number of benzene rings is 1. The van der Waals surface area contributed by atoms with Crippen LogP contribution in [-0.4, -0.2) is 29.9 Å². The van der Waals surface area contributed by atoms with Crippen molar-refractivity contribution in [2.75, 3.05) is 13.1 Å². The van der Waals surface area contributed by atoms with Gasteiger partial charge in [-0.15, -0.1) is 0 Å². The quantitative estimate of drug-likeness (QED) is 0.780. The van der Waals surface area contributed by atoms with Gasteiger partial charge in [0.2, 0.25) is 5.91 Å². The van der Waals surface area contributed by atoms with Crippen LogP contribution >= 0.6 is 0 Å². The molecule has 0 aromatic heterocycles. The Bertz CT molecular complexity index is 400. The van der Waals surface area contributed by atoms with Gasteiger partial charge >= 0.3 is 0 Å². The van der Waals surface area contributed by atoms with E-state index < -0.39 is 6.04 Å². The zero-order valence-electron chi connectivity index (χ0n) is 11.2. The Hall–Kier alpha value is -1.61. The van der Waals surface area contributed by atoms with Crippen LogP contribution in [0, 0.1) is 0 Å². The van der Waals surface area contributed by atoms with E-state index in [4.69, 9.17) is 5.73 Å². The predicted octanol–water partition coefficient (Wildman–Crippen LogP) is 1.98. The van der Waals surface area contributed by atoms with E-state index in [-0.39, 0.29) is 5.91 Å². The van der Waals surface area contributed by atoms with E-state index in [1.807, 2.05) is 44.2 Å². The lowest BCUT2D eigenvalue weighted by Gasteiger charge is -2.24. The number of carbonyl (C=O) groups excluding carboxylic acids is 1. The molecular formula is C15H22N2O. The SMILES string of the molecule is C=C(C)CN(CC)C(=O)[C@@H](N)Cc1ccccc1. The van der Waals surface area contributed by atoms with E-state index >= 15 is 0 Å². The number of nitrogens with two attached hydrogens (primary N) is 1. The molecule has 0 fully saturated rings. The number of likely N-dealkylation sites (N-methyl/N-ethyl adjacent to an activating group) is 1. The molecule has 3 heteroatoms. The number of rotatable bonds is 6. The van der Waals surface area contributed by atoms with E-state index in [1.165, 1.54) is 0 Å². The van der Waals surface area contributed by atoms with Gasteiger partial charge in [-0.25, -0.2) is 0 Å². The molecule has 0 aliphatic heterocycles. The lowest BCUT2D eigenvalue weighted by atomic mass is 10.1. The van der Waals surface area contributed by atoms with E-state index in [0.29, 0.717) is 19.5 Å². The maximum absolute atomic E-state index is 12.2. The lowest BCUT2D eigenvalue weighted by Crippen LogP contribution is -2.45. The van der Waals surface area contributed by atoms with Gasteiger partial charge in [0.25, 0.3) is 0 Å². The second-order valence-electron chi connectivity index (χ2n) is 4.61. The molecule has 0 radical (unpaired) electrons. The Morgan fingerprint density at radius 1 is 1.39 bits per heavy atom. The fourth-order valence-corrected chi connectivity index (χ4v) is 1.86. The smallest absolute Gasteiger partial charge is 0.240 e. The van der Waals surface area contributed by atoms with Crippen LogP contribution in [0.25, 0.3) is 0 Å². The van der Waals surface area contributed by atoms with Gasteiger partial charge in [0.15, 0.2) is 0 Å². The largest absolute Gasteiger partial charge is 0.338 e. The first-order valence-electron chi connectivity index (χ1n) is 6.27. The van der Waals surface area contributed by atoms with Crippen molar-refractivity contribution in [3.8, 4) is 0 Å². The van der Waals surface area contributed by atoms with Gasteiger partial charge in [0.05, 0.1) is 6.04 Å². The molecule has 1 atom stereocenters. The maximum Gasteiger partial charge on any atom is 0.240 e. The van der Waals surface area contributed by atoms with Gasteiger partial charge in [0.1, 0.15) is 0 Å². The van der Waals surface area contributed by atoms with Gasteiger partial charge < -0.3 is 10.6 Å². The zero-order valence-corrected chi connectivity index (χ0v) is 11.2. The van der Waals surface area contributed by atoms with Crippen LogP contribution in [0.4, 0.5) is 0 Å². The van der Waals surface area contributed by atoms with Gasteiger partial charge in [-0.1, -0.05) is 42.5 Å². The monoisotopic (exact) mass is 246 g/mol. The molecule has 1 aromatic rings. The summed E-state index contributed by atoms with van der Waals surface area (Å²) in [5.74, 6) is -0.00986. The summed E-state index contributed by atoms with van der Waals surface area (Å²) in [4.78, 5) is 13.9. The van der Waals surface area contributed by atoms with Crippen LogP contribution in [0.15, 0.2) is 42.5 Å². The topological polar surface area (TPSA) is 46.3 Å². The minimum Gasteiger partial charge on any atom is -0.338 e. The van der Waals surface area contributed by atoms with Crippen molar-refractivity contribution in [3.63, 3.8) is 0 Å². The second-order valence-corrected chi connectivity index (χ2v) is 4.61. The third-order valence-electron chi connectivity index (χ3n) is 2.77. The van der Waals surface area contributed by atoms with Crippen LogP contribution in [0.1, 0.15) is 19.4 Å². The molecule has 0 heterocycles. The average Bonchev–Trinajstić information content (AvgIpc) is 2.36. The molecule has 1 aromatic carbocycles. The highest BCUT2D eigenvalue weighted by Gasteiger charge is 2.19. The predicted molar refractivity (Wildman–Crippen MR) is 75.2 cm³/mol. The molecule has 0 aliphatic carbocycles. The first kappa shape index (κ1) is 14.5. The van der Waals surface area contributed by atoms with E-state index in [1.54, 1.807) is 4.90 Å². The average molecular weight is 246 g/mol. The van der Waals surface area contributed by atoms with E-state index in [2.05, 4.69) is 6.58 Å². The molecule has 98 valence electrons. The number of carbonyl (C=O) groups is 1. The Morgan fingerprint density at radius 3 is 2.50 bits per heavy atom. The first-order valence-corrected chi connectivity index (χ1v) is 6.27. The lowest BCUT2D eigenvalue weighted by molar-refractivity contribution is -0.131. The summed E-state index contributed by atoms with van der Waals surface area (Å²) in [5, 5.41) is 0. The third kappa shape index (κ3) is 4.34. The molecule has 2 N–H and O–H groups in total. The Labute approximate surface area is 109 Å². The van der Waals surface area contributed by atoms with Crippen molar-refractivity contribution in [3.05, 3.63) is 48.0 Å². The zero-order chi connectivity index (χ0) is 13.5. The molecular weight excluding hydrogens is 224 g/mol. The Morgan fingerprint density at radius 2 is 2.00 bits per heavy atom. The summed E-state index contributed by atoms with van der Waals surface area (Å²) in [6.07, 6.45) is 0.576.